The Bertz CT molecular complexity index is 806. The molecule has 0 aromatic carbocycles. The van der Waals surface area contributed by atoms with E-state index in [4.69, 9.17) is 21.8 Å². The first-order valence-corrected chi connectivity index (χ1v) is 7.71. The first kappa shape index (κ1) is 18.5. The third kappa shape index (κ3) is 3.80. The van der Waals surface area contributed by atoms with Gasteiger partial charge in [0, 0.05) is 12.5 Å². The van der Waals surface area contributed by atoms with Gasteiger partial charge in [-0.15, -0.1) is 12.4 Å². The van der Waals surface area contributed by atoms with Crippen LogP contribution in [0.4, 0.5) is 10.2 Å². The Hall–Kier alpha value is -1.83. The Morgan fingerprint density at radius 2 is 2.25 bits per heavy atom. The van der Waals surface area contributed by atoms with Gasteiger partial charge in [-0.3, -0.25) is 0 Å². The van der Waals surface area contributed by atoms with E-state index >= 15 is 0 Å². The standard InChI is InChI=1S/C15H17ClFN5O.ClH/c1-2-8(18)6-10-12(17)11-13(19-7-9-4-3-5-23-9)21-15(16)22-14(11)20-10;/h3-5,8H,2,6-7,18H2,1H3,(H2,19,20,21,22);1H. The van der Waals surface area contributed by atoms with Gasteiger partial charge in [0.1, 0.15) is 17.2 Å². The quantitative estimate of drug-likeness (QED) is 0.573. The molecule has 0 saturated heterocycles. The average molecular weight is 374 g/mol. The minimum absolute atomic E-state index is 0. The van der Waals surface area contributed by atoms with Crippen LogP contribution in [0.15, 0.2) is 22.8 Å². The van der Waals surface area contributed by atoms with Crippen molar-refractivity contribution in [2.75, 3.05) is 5.32 Å². The van der Waals surface area contributed by atoms with Crippen LogP contribution in [-0.2, 0) is 13.0 Å². The Kier molecular flexibility index (Phi) is 6.04. The summed E-state index contributed by atoms with van der Waals surface area (Å²) in [5, 5.41) is 3.34. The molecule has 0 aliphatic rings. The SMILES string of the molecule is CCC(N)Cc1[nH]c2nc(Cl)nc(NCc3ccco3)c2c1F.Cl. The molecule has 0 aliphatic carbocycles. The molecule has 0 saturated carbocycles. The summed E-state index contributed by atoms with van der Waals surface area (Å²) in [7, 11) is 0. The molecular formula is C15H18Cl2FN5O. The third-order valence-corrected chi connectivity index (χ3v) is 3.81. The van der Waals surface area contributed by atoms with Gasteiger partial charge < -0.3 is 20.5 Å². The Balaban J connectivity index is 0.00000208. The molecular weight excluding hydrogens is 356 g/mol. The second-order valence-electron chi connectivity index (χ2n) is 5.29. The van der Waals surface area contributed by atoms with Crippen LogP contribution in [0.3, 0.4) is 0 Å². The van der Waals surface area contributed by atoms with Crippen molar-refractivity contribution >= 4 is 40.9 Å². The highest BCUT2D eigenvalue weighted by molar-refractivity contribution is 6.28. The van der Waals surface area contributed by atoms with Crippen molar-refractivity contribution in [3.05, 3.63) is 41.0 Å². The number of hydrogen-bond acceptors (Lipinski definition) is 5. The fourth-order valence-corrected chi connectivity index (χ4v) is 2.51. The first-order valence-electron chi connectivity index (χ1n) is 7.34. The maximum atomic E-state index is 14.7. The van der Waals surface area contributed by atoms with Gasteiger partial charge in [0.15, 0.2) is 5.82 Å². The van der Waals surface area contributed by atoms with E-state index in [0.717, 1.165) is 6.42 Å². The number of furan rings is 1. The summed E-state index contributed by atoms with van der Waals surface area (Å²) in [6.07, 6.45) is 2.72. The predicted octanol–water partition coefficient (Wildman–Crippen LogP) is 3.66. The van der Waals surface area contributed by atoms with Gasteiger partial charge in [0.2, 0.25) is 5.28 Å². The molecule has 1 atom stereocenters. The molecule has 0 amide bonds. The lowest BCUT2D eigenvalue weighted by atomic mass is 10.1. The number of aromatic amines is 1. The van der Waals surface area contributed by atoms with E-state index in [9.17, 15) is 4.39 Å². The number of aromatic nitrogens is 3. The van der Waals surface area contributed by atoms with Crippen LogP contribution in [0, 0.1) is 5.82 Å². The summed E-state index contributed by atoms with van der Waals surface area (Å²) in [6.45, 7) is 2.32. The second kappa shape index (κ2) is 7.83. The maximum Gasteiger partial charge on any atom is 0.226 e. The Morgan fingerprint density at radius 3 is 2.92 bits per heavy atom. The number of fused-ring (bicyclic) bond motifs is 1. The molecule has 3 rings (SSSR count). The summed E-state index contributed by atoms with van der Waals surface area (Å²) >= 11 is 5.93. The molecule has 3 heterocycles. The molecule has 3 aromatic heterocycles. The van der Waals surface area contributed by atoms with E-state index in [1.165, 1.54) is 0 Å². The molecule has 9 heteroatoms. The minimum atomic E-state index is -0.400. The zero-order valence-corrected chi connectivity index (χ0v) is 14.5. The normalized spacial score (nSPS) is 12.2. The fourth-order valence-electron chi connectivity index (χ4n) is 2.34. The van der Waals surface area contributed by atoms with Crippen LogP contribution in [0.25, 0.3) is 11.0 Å². The summed E-state index contributed by atoms with van der Waals surface area (Å²) in [5.41, 5.74) is 6.67. The van der Waals surface area contributed by atoms with E-state index in [1.807, 2.05) is 13.0 Å². The number of anilines is 1. The lowest BCUT2D eigenvalue weighted by molar-refractivity contribution is 0.518. The number of rotatable bonds is 6. The molecule has 6 nitrogen and oxygen atoms in total. The van der Waals surface area contributed by atoms with Crippen molar-refractivity contribution < 1.29 is 8.81 Å². The van der Waals surface area contributed by atoms with Crippen molar-refractivity contribution in [1.29, 1.82) is 0 Å². The van der Waals surface area contributed by atoms with E-state index < -0.39 is 5.82 Å². The summed E-state index contributed by atoms with van der Waals surface area (Å²) in [5.74, 6) is 0.626. The minimum Gasteiger partial charge on any atom is -0.467 e. The topological polar surface area (TPSA) is 92.8 Å². The van der Waals surface area contributed by atoms with Gasteiger partial charge in [0.05, 0.1) is 23.9 Å². The van der Waals surface area contributed by atoms with Crippen LogP contribution in [0.1, 0.15) is 24.8 Å². The van der Waals surface area contributed by atoms with Gasteiger partial charge >= 0.3 is 0 Å². The van der Waals surface area contributed by atoms with Gasteiger partial charge in [-0.05, 0) is 30.2 Å². The van der Waals surface area contributed by atoms with Crippen molar-refractivity contribution in [3.8, 4) is 0 Å². The Labute approximate surface area is 149 Å². The second-order valence-corrected chi connectivity index (χ2v) is 5.63. The van der Waals surface area contributed by atoms with Crippen LogP contribution >= 0.6 is 24.0 Å². The predicted molar refractivity (Wildman–Crippen MR) is 94.1 cm³/mol. The summed E-state index contributed by atoms with van der Waals surface area (Å²) in [4.78, 5) is 11.1. The summed E-state index contributed by atoms with van der Waals surface area (Å²) in [6, 6.07) is 3.47. The highest BCUT2D eigenvalue weighted by Crippen LogP contribution is 2.28. The number of hydrogen-bond donors (Lipinski definition) is 3. The molecule has 0 radical (unpaired) electrons. The van der Waals surface area contributed by atoms with Crippen molar-refractivity contribution in [3.63, 3.8) is 0 Å². The van der Waals surface area contributed by atoms with Gasteiger partial charge in [-0.2, -0.15) is 9.97 Å². The molecule has 0 aliphatic heterocycles. The lowest BCUT2D eigenvalue weighted by Crippen LogP contribution is -2.22. The average Bonchev–Trinajstić information content (AvgIpc) is 3.14. The van der Waals surface area contributed by atoms with E-state index in [-0.39, 0.29) is 29.1 Å². The fraction of sp³-hybridized carbons (Fsp3) is 0.333. The first-order chi connectivity index (χ1) is 11.1. The number of halogens is 3. The van der Waals surface area contributed by atoms with Gasteiger partial charge in [0.25, 0.3) is 0 Å². The van der Waals surface area contributed by atoms with Crippen LogP contribution in [0.5, 0.6) is 0 Å². The zero-order valence-electron chi connectivity index (χ0n) is 13.0. The molecule has 130 valence electrons. The van der Waals surface area contributed by atoms with E-state index in [2.05, 4.69) is 20.3 Å². The van der Waals surface area contributed by atoms with Gasteiger partial charge in [-0.1, -0.05) is 6.92 Å². The monoisotopic (exact) mass is 373 g/mol. The Morgan fingerprint density at radius 1 is 1.46 bits per heavy atom. The van der Waals surface area contributed by atoms with Crippen LogP contribution < -0.4 is 11.1 Å². The number of nitrogens with one attached hydrogen (secondary N) is 2. The van der Waals surface area contributed by atoms with Gasteiger partial charge in [-0.25, -0.2) is 4.39 Å². The van der Waals surface area contributed by atoms with Crippen molar-refractivity contribution in [1.82, 2.24) is 15.0 Å². The van der Waals surface area contributed by atoms with E-state index in [1.54, 1.807) is 12.3 Å². The van der Waals surface area contributed by atoms with Crippen molar-refractivity contribution in [2.45, 2.75) is 32.4 Å². The largest absolute Gasteiger partial charge is 0.467 e. The summed E-state index contributed by atoms with van der Waals surface area (Å²) < 4.78 is 20.0. The molecule has 3 aromatic rings. The molecule has 0 fully saturated rings. The molecule has 4 N–H and O–H groups in total. The molecule has 0 spiro atoms. The number of H-pyrrole nitrogens is 1. The zero-order chi connectivity index (χ0) is 16.4. The van der Waals surface area contributed by atoms with Crippen LogP contribution in [-0.4, -0.2) is 21.0 Å². The molecule has 1 unspecified atom stereocenters. The highest BCUT2D eigenvalue weighted by Gasteiger charge is 2.19. The van der Waals surface area contributed by atoms with Crippen molar-refractivity contribution in [2.24, 2.45) is 5.73 Å². The maximum absolute atomic E-state index is 14.7. The van der Waals surface area contributed by atoms with Crippen LogP contribution in [0.2, 0.25) is 5.28 Å². The smallest absolute Gasteiger partial charge is 0.226 e. The molecule has 24 heavy (non-hydrogen) atoms. The third-order valence-electron chi connectivity index (χ3n) is 3.64. The van der Waals surface area contributed by atoms with E-state index in [0.29, 0.717) is 35.9 Å². The number of nitrogens with two attached hydrogens (primary N) is 1. The molecule has 0 bridgehead atoms. The highest BCUT2D eigenvalue weighted by atomic mass is 35.5. The number of nitrogens with zero attached hydrogens (tertiary/aromatic N) is 2. The lowest BCUT2D eigenvalue weighted by Gasteiger charge is -2.06.